The smallest absolute Gasteiger partial charge is 0.426 e. The average molecular weight is 463 g/mol. The Kier molecular flexibility index (Phi) is 7.19. The van der Waals surface area contributed by atoms with E-state index in [1.807, 2.05) is 0 Å². The zero-order valence-corrected chi connectivity index (χ0v) is 17.8. The maximum atomic E-state index is 13.5. The Labute approximate surface area is 186 Å². The van der Waals surface area contributed by atoms with Crippen LogP contribution in [0.5, 0.6) is 5.75 Å². The first-order valence-electron chi connectivity index (χ1n) is 9.64. The molecule has 2 N–H and O–H groups in total. The molecule has 0 aliphatic rings. The van der Waals surface area contributed by atoms with Gasteiger partial charge in [0.15, 0.2) is 0 Å². The van der Waals surface area contributed by atoms with Crippen molar-refractivity contribution in [3.63, 3.8) is 0 Å². The average Bonchev–Trinajstić information content (AvgIpc) is 3.18. The summed E-state index contributed by atoms with van der Waals surface area (Å²) in [7, 11) is 0. The van der Waals surface area contributed by atoms with E-state index in [0.29, 0.717) is 33.2 Å². The Hall–Kier alpha value is -3.33. The number of rotatable bonds is 8. The van der Waals surface area contributed by atoms with E-state index >= 15 is 0 Å². The van der Waals surface area contributed by atoms with Gasteiger partial charge in [-0.05, 0) is 35.9 Å². The fourth-order valence-corrected chi connectivity index (χ4v) is 3.92. The Morgan fingerprint density at radius 2 is 1.75 bits per heavy atom. The second-order valence-electron chi connectivity index (χ2n) is 7.12. The zero-order chi connectivity index (χ0) is 23.3. The third-order valence-electron chi connectivity index (χ3n) is 4.56. The highest BCUT2D eigenvalue weighted by Gasteiger charge is 2.36. The van der Waals surface area contributed by atoms with Crippen LogP contribution in [0.25, 0.3) is 11.1 Å². The van der Waals surface area contributed by atoms with E-state index in [4.69, 9.17) is 9.84 Å². The number of amides is 1. The van der Waals surface area contributed by atoms with Gasteiger partial charge in [-0.3, -0.25) is 9.59 Å². The van der Waals surface area contributed by atoms with E-state index in [1.54, 1.807) is 54.6 Å². The molecule has 0 aliphatic heterocycles. The quantitative estimate of drug-likeness (QED) is 0.426. The van der Waals surface area contributed by atoms with Crippen LogP contribution in [0.2, 0.25) is 0 Å². The minimum atomic E-state index is -4.47. The Balaban J connectivity index is 1.66. The van der Waals surface area contributed by atoms with Crippen LogP contribution in [-0.4, -0.2) is 17.0 Å². The van der Waals surface area contributed by atoms with E-state index in [1.165, 1.54) is 13.0 Å². The number of benzene rings is 2. The van der Waals surface area contributed by atoms with Gasteiger partial charge in [0.1, 0.15) is 17.2 Å². The summed E-state index contributed by atoms with van der Waals surface area (Å²) in [6, 6.07) is 16.2. The van der Waals surface area contributed by atoms with Crippen molar-refractivity contribution in [3.8, 4) is 16.9 Å². The van der Waals surface area contributed by atoms with Crippen LogP contribution < -0.4 is 10.1 Å². The standard InChI is InChI=1S/C23H20F3NO4S/c1-14(11-20(28)29)22(30)27-16-7-9-17(10-8-16)31-13-18-12-19(15-5-3-2-4-6-15)21(32-18)23(24,25)26/h2-10,12,14H,11,13H2,1H3,(H,27,30)(H,28,29)/t14-/m1/s1. The van der Waals surface area contributed by atoms with Crippen molar-refractivity contribution in [1.82, 2.24) is 0 Å². The highest BCUT2D eigenvalue weighted by atomic mass is 32.1. The molecule has 0 radical (unpaired) electrons. The van der Waals surface area contributed by atoms with Gasteiger partial charge in [0, 0.05) is 22.0 Å². The van der Waals surface area contributed by atoms with E-state index in [0.717, 1.165) is 0 Å². The molecule has 0 bridgehead atoms. The topological polar surface area (TPSA) is 75.6 Å². The van der Waals surface area contributed by atoms with Gasteiger partial charge in [0.2, 0.25) is 5.91 Å². The van der Waals surface area contributed by atoms with E-state index in [2.05, 4.69) is 5.32 Å². The Bertz CT molecular complexity index is 1080. The number of nitrogens with one attached hydrogen (secondary N) is 1. The number of hydrogen-bond acceptors (Lipinski definition) is 4. The maximum Gasteiger partial charge on any atom is 0.426 e. The predicted molar refractivity (Wildman–Crippen MR) is 116 cm³/mol. The van der Waals surface area contributed by atoms with Crippen molar-refractivity contribution < 1.29 is 32.6 Å². The summed E-state index contributed by atoms with van der Waals surface area (Å²) in [5, 5.41) is 11.4. The minimum Gasteiger partial charge on any atom is -0.488 e. The van der Waals surface area contributed by atoms with E-state index in [-0.39, 0.29) is 18.6 Å². The van der Waals surface area contributed by atoms with Crippen LogP contribution in [0, 0.1) is 5.92 Å². The van der Waals surface area contributed by atoms with Crippen molar-refractivity contribution in [3.05, 3.63) is 70.4 Å². The number of carbonyl (C=O) groups excluding carboxylic acids is 1. The van der Waals surface area contributed by atoms with Gasteiger partial charge in [-0.2, -0.15) is 13.2 Å². The molecular weight excluding hydrogens is 443 g/mol. The van der Waals surface area contributed by atoms with Gasteiger partial charge >= 0.3 is 12.1 Å². The molecule has 0 saturated heterocycles. The van der Waals surface area contributed by atoms with E-state index in [9.17, 15) is 22.8 Å². The summed E-state index contributed by atoms with van der Waals surface area (Å²) < 4.78 is 46.1. The van der Waals surface area contributed by atoms with Crippen LogP contribution in [0.4, 0.5) is 18.9 Å². The highest BCUT2D eigenvalue weighted by Crippen LogP contribution is 2.43. The summed E-state index contributed by atoms with van der Waals surface area (Å²) in [5.41, 5.74) is 1.07. The lowest BCUT2D eigenvalue weighted by Gasteiger charge is -2.11. The molecular formula is C23H20F3NO4S. The first-order valence-corrected chi connectivity index (χ1v) is 10.5. The molecule has 0 saturated carbocycles. The molecule has 0 aliphatic carbocycles. The highest BCUT2D eigenvalue weighted by molar-refractivity contribution is 7.12. The van der Waals surface area contributed by atoms with Crippen molar-refractivity contribution in [2.24, 2.45) is 5.92 Å². The van der Waals surface area contributed by atoms with Crippen LogP contribution >= 0.6 is 11.3 Å². The first kappa shape index (κ1) is 23.3. The number of carbonyl (C=O) groups is 2. The van der Waals surface area contributed by atoms with Crippen LogP contribution in [0.3, 0.4) is 0 Å². The second kappa shape index (κ2) is 9.86. The molecule has 1 atom stereocenters. The van der Waals surface area contributed by atoms with Crippen LogP contribution in [-0.2, 0) is 22.4 Å². The van der Waals surface area contributed by atoms with Crippen molar-refractivity contribution in [2.45, 2.75) is 26.1 Å². The molecule has 1 aromatic heterocycles. The molecule has 0 fully saturated rings. The zero-order valence-electron chi connectivity index (χ0n) is 17.0. The summed E-state index contributed by atoms with van der Waals surface area (Å²) in [6.45, 7) is 1.47. The van der Waals surface area contributed by atoms with Gasteiger partial charge in [-0.25, -0.2) is 0 Å². The van der Waals surface area contributed by atoms with Gasteiger partial charge in [0.25, 0.3) is 0 Å². The van der Waals surface area contributed by atoms with Gasteiger partial charge < -0.3 is 15.2 Å². The number of alkyl halides is 3. The summed E-state index contributed by atoms with van der Waals surface area (Å²) in [5.74, 6) is -1.75. The number of carboxylic acids is 1. The molecule has 3 rings (SSSR count). The molecule has 0 unspecified atom stereocenters. The number of thiophene rings is 1. The Morgan fingerprint density at radius 1 is 1.09 bits per heavy atom. The fourth-order valence-electron chi connectivity index (χ4n) is 2.96. The fraction of sp³-hybridized carbons (Fsp3) is 0.217. The molecule has 1 amide bonds. The molecule has 0 spiro atoms. The third kappa shape index (κ3) is 6.10. The summed E-state index contributed by atoms with van der Waals surface area (Å²) >= 11 is 0.645. The van der Waals surface area contributed by atoms with E-state index < -0.39 is 28.8 Å². The maximum absolute atomic E-state index is 13.5. The molecule has 1 heterocycles. The van der Waals surface area contributed by atoms with Gasteiger partial charge in [-0.15, -0.1) is 11.3 Å². The number of aliphatic carboxylic acids is 1. The van der Waals surface area contributed by atoms with Crippen LogP contribution in [0.1, 0.15) is 23.1 Å². The Morgan fingerprint density at radius 3 is 2.34 bits per heavy atom. The molecule has 32 heavy (non-hydrogen) atoms. The molecule has 9 heteroatoms. The molecule has 2 aromatic carbocycles. The number of anilines is 1. The lowest BCUT2D eigenvalue weighted by Crippen LogP contribution is -2.22. The largest absolute Gasteiger partial charge is 0.488 e. The van der Waals surface area contributed by atoms with Gasteiger partial charge in [0.05, 0.1) is 6.42 Å². The first-order chi connectivity index (χ1) is 15.1. The molecule has 168 valence electrons. The van der Waals surface area contributed by atoms with Gasteiger partial charge in [-0.1, -0.05) is 37.3 Å². The third-order valence-corrected chi connectivity index (χ3v) is 5.71. The number of halogens is 3. The number of ether oxygens (including phenoxy) is 1. The number of carboxylic acid groups (broad SMARTS) is 1. The summed E-state index contributed by atoms with van der Waals surface area (Å²) in [6.07, 6.45) is -4.75. The van der Waals surface area contributed by atoms with Crippen molar-refractivity contribution in [1.29, 1.82) is 0 Å². The molecule has 3 aromatic rings. The number of hydrogen-bond donors (Lipinski definition) is 2. The monoisotopic (exact) mass is 463 g/mol. The van der Waals surface area contributed by atoms with Crippen molar-refractivity contribution >= 4 is 28.9 Å². The summed E-state index contributed by atoms with van der Waals surface area (Å²) in [4.78, 5) is 22.4. The van der Waals surface area contributed by atoms with Crippen molar-refractivity contribution in [2.75, 3.05) is 5.32 Å². The normalized spacial score (nSPS) is 12.2. The lowest BCUT2D eigenvalue weighted by molar-refractivity contribution is -0.140. The lowest BCUT2D eigenvalue weighted by atomic mass is 10.1. The minimum absolute atomic E-state index is 0.0398. The molecule has 5 nitrogen and oxygen atoms in total. The second-order valence-corrected chi connectivity index (χ2v) is 8.26. The van der Waals surface area contributed by atoms with Crippen LogP contribution in [0.15, 0.2) is 60.7 Å². The SMILES string of the molecule is C[C@H](CC(=O)O)C(=O)Nc1ccc(OCc2cc(-c3ccccc3)c(C(F)(F)F)s2)cc1. The predicted octanol–water partition coefficient (Wildman–Crippen LogP) is 6.06.